The van der Waals surface area contributed by atoms with Gasteiger partial charge in [-0.3, -0.25) is 9.89 Å². The normalized spacial score (nSPS) is 32.2. The molecule has 2 aliphatic rings. The summed E-state index contributed by atoms with van der Waals surface area (Å²) in [6.45, 7) is 2.56. The van der Waals surface area contributed by atoms with Crippen molar-refractivity contribution in [3.8, 4) is 0 Å². The van der Waals surface area contributed by atoms with Crippen molar-refractivity contribution in [2.75, 3.05) is 13.1 Å². The molecule has 0 amide bonds. The summed E-state index contributed by atoms with van der Waals surface area (Å²) in [7, 11) is 0. The van der Waals surface area contributed by atoms with Gasteiger partial charge in [0, 0.05) is 19.3 Å². The van der Waals surface area contributed by atoms with Crippen molar-refractivity contribution in [2.24, 2.45) is 4.99 Å². The largest absolute Gasteiger partial charge is 0.282 e. The number of nitrogens with zero attached hydrogens (tertiary/aromatic N) is 2. The van der Waals surface area contributed by atoms with E-state index in [2.05, 4.69) is 16.1 Å². The second-order valence-electron chi connectivity index (χ2n) is 3.84. The Morgan fingerprint density at radius 2 is 1.92 bits per heavy atom. The molecular weight excluding hydrogens is 148 g/mol. The Hall–Kier alpha value is -0.370. The zero-order chi connectivity index (χ0) is 8.23. The average Bonchev–Trinajstić information content (AvgIpc) is 2.21. The molecular formula is C10H18N2. The predicted molar refractivity (Wildman–Crippen MR) is 51.6 cm³/mol. The maximum atomic E-state index is 4.55. The second kappa shape index (κ2) is 4.04. The zero-order valence-corrected chi connectivity index (χ0v) is 7.71. The van der Waals surface area contributed by atoms with Gasteiger partial charge in [-0.2, -0.15) is 0 Å². The topological polar surface area (TPSA) is 15.6 Å². The summed E-state index contributed by atoms with van der Waals surface area (Å²) in [6.07, 6.45) is 10.7. The van der Waals surface area contributed by atoms with Crippen LogP contribution < -0.4 is 0 Å². The van der Waals surface area contributed by atoms with E-state index in [1.54, 1.807) is 0 Å². The van der Waals surface area contributed by atoms with Crippen LogP contribution in [-0.2, 0) is 0 Å². The van der Waals surface area contributed by atoms with E-state index in [9.17, 15) is 0 Å². The molecule has 1 unspecified atom stereocenters. The van der Waals surface area contributed by atoms with Gasteiger partial charge >= 0.3 is 0 Å². The van der Waals surface area contributed by atoms with Crippen LogP contribution in [0.25, 0.3) is 0 Å². The van der Waals surface area contributed by atoms with Crippen LogP contribution in [0.1, 0.15) is 38.5 Å². The van der Waals surface area contributed by atoms with Gasteiger partial charge in [-0.05, 0) is 32.1 Å². The molecule has 0 aromatic rings. The van der Waals surface area contributed by atoms with Crippen molar-refractivity contribution in [1.29, 1.82) is 0 Å². The monoisotopic (exact) mass is 166 g/mol. The number of piperidine rings is 1. The summed E-state index contributed by atoms with van der Waals surface area (Å²) in [6, 6.07) is 0. The Kier molecular flexibility index (Phi) is 2.77. The van der Waals surface area contributed by atoms with E-state index in [-0.39, 0.29) is 0 Å². The van der Waals surface area contributed by atoms with Gasteiger partial charge in [0.25, 0.3) is 0 Å². The van der Waals surface area contributed by atoms with Gasteiger partial charge in [0.2, 0.25) is 0 Å². The second-order valence-corrected chi connectivity index (χ2v) is 3.84. The molecule has 12 heavy (non-hydrogen) atoms. The fraction of sp³-hybridized carbons (Fsp3) is 0.900. The number of hydrogen-bond donors (Lipinski definition) is 0. The first kappa shape index (κ1) is 8.24. The van der Waals surface area contributed by atoms with E-state index < -0.39 is 0 Å². The minimum absolute atomic E-state index is 0.541. The maximum Gasteiger partial charge on any atom is 0.101 e. The molecule has 0 bridgehead atoms. The lowest BCUT2D eigenvalue weighted by Gasteiger charge is -2.33. The van der Waals surface area contributed by atoms with Crippen LogP contribution >= 0.6 is 0 Å². The Bertz CT molecular complexity index is 159. The van der Waals surface area contributed by atoms with E-state index in [4.69, 9.17) is 0 Å². The van der Waals surface area contributed by atoms with Crippen molar-refractivity contribution in [3.63, 3.8) is 0 Å². The van der Waals surface area contributed by atoms with E-state index in [1.165, 1.54) is 51.6 Å². The van der Waals surface area contributed by atoms with Crippen molar-refractivity contribution in [1.82, 2.24) is 4.90 Å². The standard InChI is InChI=1S/C10H18N2/c1-4-8-12(9-5-1)10-6-2-3-7-11-10/h7,10H,1-6,8-9H2. The summed E-state index contributed by atoms with van der Waals surface area (Å²) in [5.41, 5.74) is 0. The van der Waals surface area contributed by atoms with E-state index in [0.717, 1.165) is 0 Å². The SMILES string of the molecule is C1=NC(N2CCCCC2)CCC1. The smallest absolute Gasteiger partial charge is 0.101 e. The molecule has 2 heterocycles. The maximum absolute atomic E-state index is 4.55. The first-order valence-corrected chi connectivity index (χ1v) is 5.22. The quantitative estimate of drug-likeness (QED) is 0.582. The third kappa shape index (κ3) is 1.86. The van der Waals surface area contributed by atoms with E-state index in [1.807, 2.05) is 0 Å². The molecule has 1 saturated heterocycles. The summed E-state index contributed by atoms with van der Waals surface area (Å²) in [5, 5.41) is 0. The molecule has 0 aromatic heterocycles. The molecule has 1 atom stereocenters. The summed E-state index contributed by atoms with van der Waals surface area (Å²) < 4.78 is 0. The highest BCUT2D eigenvalue weighted by molar-refractivity contribution is 5.58. The van der Waals surface area contributed by atoms with E-state index in [0.29, 0.717) is 6.17 Å². The van der Waals surface area contributed by atoms with Crippen molar-refractivity contribution in [2.45, 2.75) is 44.7 Å². The lowest BCUT2D eigenvalue weighted by molar-refractivity contribution is 0.156. The van der Waals surface area contributed by atoms with Crippen molar-refractivity contribution < 1.29 is 0 Å². The first-order chi connectivity index (χ1) is 5.97. The van der Waals surface area contributed by atoms with Crippen LogP contribution in [0.2, 0.25) is 0 Å². The third-order valence-electron chi connectivity index (χ3n) is 2.89. The van der Waals surface area contributed by atoms with Crippen LogP contribution in [0.15, 0.2) is 4.99 Å². The lowest BCUT2D eigenvalue weighted by atomic mass is 10.1. The highest BCUT2D eigenvalue weighted by Gasteiger charge is 2.19. The van der Waals surface area contributed by atoms with Gasteiger partial charge in [0.1, 0.15) is 6.17 Å². The van der Waals surface area contributed by atoms with Crippen LogP contribution in [0.4, 0.5) is 0 Å². The van der Waals surface area contributed by atoms with Crippen LogP contribution in [-0.4, -0.2) is 30.4 Å². The molecule has 0 N–H and O–H groups in total. The molecule has 0 spiro atoms. The molecule has 2 rings (SSSR count). The Morgan fingerprint density at radius 1 is 1.08 bits per heavy atom. The molecule has 0 aromatic carbocycles. The van der Waals surface area contributed by atoms with Gasteiger partial charge in [0.05, 0.1) is 0 Å². The summed E-state index contributed by atoms with van der Waals surface area (Å²) in [5.74, 6) is 0. The molecule has 1 fully saturated rings. The van der Waals surface area contributed by atoms with Gasteiger partial charge in [-0.1, -0.05) is 6.42 Å². The molecule has 0 aliphatic carbocycles. The number of rotatable bonds is 1. The summed E-state index contributed by atoms with van der Waals surface area (Å²) in [4.78, 5) is 7.11. The van der Waals surface area contributed by atoms with Crippen LogP contribution in [0, 0.1) is 0 Å². The zero-order valence-electron chi connectivity index (χ0n) is 7.71. The predicted octanol–water partition coefficient (Wildman–Crippen LogP) is 2.05. The molecule has 68 valence electrons. The fourth-order valence-electron chi connectivity index (χ4n) is 2.16. The minimum Gasteiger partial charge on any atom is -0.282 e. The van der Waals surface area contributed by atoms with E-state index >= 15 is 0 Å². The lowest BCUT2D eigenvalue weighted by Crippen LogP contribution is -2.39. The molecule has 0 radical (unpaired) electrons. The highest BCUT2D eigenvalue weighted by Crippen LogP contribution is 2.18. The Morgan fingerprint density at radius 3 is 2.58 bits per heavy atom. The Balaban J connectivity index is 1.88. The average molecular weight is 166 g/mol. The third-order valence-corrected chi connectivity index (χ3v) is 2.89. The Labute approximate surface area is 74.7 Å². The number of likely N-dealkylation sites (tertiary alicyclic amines) is 1. The van der Waals surface area contributed by atoms with Gasteiger partial charge in [0.15, 0.2) is 0 Å². The highest BCUT2D eigenvalue weighted by atomic mass is 15.2. The molecule has 2 aliphatic heterocycles. The summed E-state index contributed by atoms with van der Waals surface area (Å²) >= 11 is 0. The molecule has 0 saturated carbocycles. The van der Waals surface area contributed by atoms with Gasteiger partial charge in [-0.25, -0.2) is 0 Å². The van der Waals surface area contributed by atoms with Crippen molar-refractivity contribution in [3.05, 3.63) is 0 Å². The molecule has 2 heteroatoms. The van der Waals surface area contributed by atoms with Crippen molar-refractivity contribution >= 4 is 6.21 Å². The molecule has 2 nitrogen and oxygen atoms in total. The number of hydrogen-bond acceptors (Lipinski definition) is 2. The van der Waals surface area contributed by atoms with Gasteiger partial charge < -0.3 is 0 Å². The number of aliphatic imine (C=N–C) groups is 1. The minimum atomic E-state index is 0.541. The first-order valence-electron chi connectivity index (χ1n) is 5.22. The fourth-order valence-corrected chi connectivity index (χ4v) is 2.16. The van der Waals surface area contributed by atoms with Crippen LogP contribution in [0.5, 0.6) is 0 Å². The van der Waals surface area contributed by atoms with Gasteiger partial charge in [-0.15, -0.1) is 0 Å². The van der Waals surface area contributed by atoms with Crippen LogP contribution in [0.3, 0.4) is 0 Å².